The summed E-state index contributed by atoms with van der Waals surface area (Å²) in [5.41, 5.74) is 3.72. The normalized spacial score (nSPS) is 15.8. The zero-order valence-electron chi connectivity index (χ0n) is 16.1. The summed E-state index contributed by atoms with van der Waals surface area (Å²) in [4.78, 5) is 2.48. The molecule has 0 N–H and O–H groups in total. The van der Waals surface area contributed by atoms with Gasteiger partial charge in [0.1, 0.15) is 5.75 Å². The minimum Gasteiger partial charge on any atom is -0.496 e. The molecule has 0 spiro atoms. The molecular weight excluding hydrogens is 384 g/mol. The van der Waals surface area contributed by atoms with Gasteiger partial charge in [0.15, 0.2) is 0 Å². The van der Waals surface area contributed by atoms with Gasteiger partial charge in [-0.2, -0.15) is 4.31 Å². The SMILES string of the molecule is COc1cc(S(=O)(=O)N2CCN(c3ccc(C)c(Cl)c3)CC2)c(C)cc1C. The standard InChI is InChI=1S/C20H25ClN2O3S/c1-14-5-6-17(12-18(14)21)22-7-9-23(10-8-22)27(24,25)20-13-19(26-4)15(2)11-16(20)3/h5-6,11-13H,7-10H2,1-4H3. The maximum Gasteiger partial charge on any atom is 0.243 e. The van der Waals surface area contributed by atoms with Crippen LogP contribution in [0.5, 0.6) is 5.75 Å². The van der Waals surface area contributed by atoms with Crippen molar-refractivity contribution in [2.45, 2.75) is 25.7 Å². The molecule has 0 saturated carbocycles. The largest absolute Gasteiger partial charge is 0.496 e. The first-order valence-electron chi connectivity index (χ1n) is 8.90. The smallest absolute Gasteiger partial charge is 0.243 e. The van der Waals surface area contributed by atoms with Gasteiger partial charge in [0.25, 0.3) is 0 Å². The zero-order valence-corrected chi connectivity index (χ0v) is 17.7. The van der Waals surface area contributed by atoms with Crippen molar-refractivity contribution in [2.24, 2.45) is 0 Å². The quantitative estimate of drug-likeness (QED) is 0.772. The number of nitrogens with zero attached hydrogens (tertiary/aromatic N) is 2. The maximum absolute atomic E-state index is 13.2. The number of piperazine rings is 1. The third-order valence-electron chi connectivity index (χ3n) is 5.07. The summed E-state index contributed by atoms with van der Waals surface area (Å²) in [5.74, 6) is 0.590. The van der Waals surface area contributed by atoms with Crippen LogP contribution in [0.3, 0.4) is 0 Å². The second kappa shape index (κ2) is 7.70. The first kappa shape index (κ1) is 20.0. The Morgan fingerprint density at radius 3 is 2.19 bits per heavy atom. The number of anilines is 1. The van der Waals surface area contributed by atoms with E-state index in [1.54, 1.807) is 17.5 Å². The minimum absolute atomic E-state index is 0.316. The molecule has 1 aliphatic heterocycles. The van der Waals surface area contributed by atoms with E-state index >= 15 is 0 Å². The molecule has 1 fully saturated rings. The number of ether oxygens (including phenoxy) is 1. The monoisotopic (exact) mass is 408 g/mol. The van der Waals surface area contributed by atoms with Gasteiger partial charge in [0.05, 0.1) is 12.0 Å². The Labute approximate surface area is 166 Å². The highest BCUT2D eigenvalue weighted by atomic mass is 35.5. The molecule has 0 aliphatic carbocycles. The second-order valence-corrected chi connectivity index (χ2v) is 9.23. The van der Waals surface area contributed by atoms with E-state index in [9.17, 15) is 8.42 Å². The summed E-state index contributed by atoms with van der Waals surface area (Å²) in [6.45, 7) is 7.82. The van der Waals surface area contributed by atoms with Gasteiger partial charge in [-0.1, -0.05) is 23.7 Å². The van der Waals surface area contributed by atoms with Crippen molar-refractivity contribution in [3.8, 4) is 5.75 Å². The third kappa shape index (κ3) is 3.93. The lowest BCUT2D eigenvalue weighted by Gasteiger charge is -2.35. The summed E-state index contributed by atoms with van der Waals surface area (Å²) in [5, 5.41) is 0.727. The second-order valence-electron chi connectivity index (χ2n) is 6.91. The molecule has 7 heteroatoms. The molecule has 2 aromatic carbocycles. The fourth-order valence-electron chi connectivity index (χ4n) is 3.42. The van der Waals surface area contributed by atoms with Crippen LogP contribution in [0, 0.1) is 20.8 Å². The van der Waals surface area contributed by atoms with Crippen LogP contribution in [0.15, 0.2) is 35.2 Å². The Kier molecular flexibility index (Phi) is 5.70. The zero-order chi connectivity index (χ0) is 19.8. The molecule has 27 heavy (non-hydrogen) atoms. The number of sulfonamides is 1. The van der Waals surface area contributed by atoms with Crippen LogP contribution in [0.25, 0.3) is 0 Å². The van der Waals surface area contributed by atoms with E-state index in [4.69, 9.17) is 16.3 Å². The molecule has 3 rings (SSSR count). The number of methoxy groups -OCH3 is 1. The maximum atomic E-state index is 13.2. The predicted octanol–water partition coefficient (Wildman–Crippen LogP) is 3.78. The summed E-state index contributed by atoms with van der Waals surface area (Å²) < 4.78 is 33.2. The van der Waals surface area contributed by atoms with Crippen LogP contribution in [-0.2, 0) is 10.0 Å². The molecule has 0 aromatic heterocycles. The number of hydrogen-bond acceptors (Lipinski definition) is 4. The minimum atomic E-state index is -3.56. The molecule has 1 heterocycles. The molecule has 0 amide bonds. The fraction of sp³-hybridized carbons (Fsp3) is 0.400. The van der Waals surface area contributed by atoms with E-state index in [2.05, 4.69) is 4.90 Å². The number of halogens is 1. The number of benzene rings is 2. The lowest BCUT2D eigenvalue weighted by molar-refractivity contribution is 0.383. The van der Waals surface area contributed by atoms with Crippen molar-refractivity contribution in [1.82, 2.24) is 4.31 Å². The van der Waals surface area contributed by atoms with Gasteiger partial charge in [-0.15, -0.1) is 0 Å². The van der Waals surface area contributed by atoms with E-state index in [1.165, 1.54) is 0 Å². The summed E-state index contributed by atoms with van der Waals surface area (Å²) in [7, 11) is -2.01. The van der Waals surface area contributed by atoms with E-state index in [-0.39, 0.29) is 0 Å². The van der Waals surface area contributed by atoms with E-state index in [0.29, 0.717) is 36.8 Å². The molecule has 0 bridgehead atoms. The lowest BCUT2D eigenvalue weighted by atomic mass is 10.1. The summed E-state index contributed by atoms with van der Waals surface area (Å²) >= 11 is 6.23. The lowest BCUT2D eigenvalue weighted by Crippen LogP contribution is -2.48. The van der Waals surface area contributed by atoms with E-state index in [0.717, 1.165) is 27.4 Å². The average Bonchev–Trinajstić information content (AvgIpc) is 2.64. The van der Waals surface area contributed by atoms with Crippen LogP contribution in [0.1, 0.15) is 16.7 Å². The molecule has 0 radical (unpaired) electrons. The van der Waals surface area contributed by atoms with Crippen molar-refractivity contribution >= 4 is 27.3 Å². The Morgan fingerprint density at radius 2 is 1.59 bits per heavy atom. The number of aryl methyl sites for hydroxylation is 3. The van der Waals surface area contributed by atoms with Crippen molar-refractivity contribution in [3.05, 3.63) is 52.0 Å². The van der Waals surface area contributed by atoms with Crippen molar-refractivity contribution in [3.63, 3.8) is 0 Å². The van der Waals surface area contributed by atoms with Crippen LogP contribution >= 0.6 is 11.6 Å². The van der Waals surface area contributed by atoms with Gasteiger partial charge in [0, 0.05) is 43.0 Å². The number of rotatable bonds is 4. The summed E-state index contributed by atoms with van der Waals surface area (Å²) in [6, 6.07) is 9.45. The molecule has 1 aliphatic rings. The summed E-state index contributed by atoms with van der Waals surface area (Å²) in [6.07, 6.45) is 0. The molecule has 146 valence electrons. The van der Waals surface area contributed by atoms with Crippen LogP contribution in [0.4, 0.5) is 5.69 Å². The fourth-order valence-corrected chi connectivity index (χ4v) is 5.23. The average molecular weight is 409 g/mol. The van der Waals surface area contributed by atoms with E-state index < -0.39 is 10.0 Å². The van der Waals surface area contributed by atoms with Gasteiger partial charge in [-0.25, -0.2) is 8.42 Å². The van der Waals surface area contributed by atoms with Gasteiger partial charge in [0.2, 0.25) is 10.0 Å². The molecule has 1 saturated heterocycles. The molecular formula is C20H25ClN2O3S. The molecule has 0 unspecified atom stereocenters. The van der Waals surface area contributed by atoms with E-state index in [1.807, 2.05) is 45.0 Å². The first-order chi connectivity index (χ1) is 12.7. The van der Waals surface area contributed by atoms with Crippen molar-refractivity contribution in [2.75, 3.05) is 38.2 Å². The molecule has 2 aromatic rings. The Hall–Kier alpha value is -1.76. The van der Waals surface area contributed by atoms with Crippen LogP contribution < -0.4 is 9.64 Å². The Morgan fingerprint density at radius 1 is 0.926 bits per heavy atom. The van der Waals surface area contributed by atoms with Gasteiger partial charge < -0.3 is 9.64 Å². The van der Waals surface area contributed by atoms with Crippen molar-refractivity contribution < 1.29 is 13.2 Å². The van der Waals surface area contributed by atoms with Gasteiger partial charge in [-0.05, 0) is 49.6 Å². The highest BCUT2D eigenvalue weighted by molar-refractivity contribution is 7.89. The topological polar surface area (TPSA) is 49.9 Å². The van der Waals surface area contributed by atoms with Gasteiger partial charge >= 0.3 is 0 Å². The molecule has 5 nitrogen and oxygen atoms in total. The van der Waals surface area contributed by atoms with Crippen LogP contribution in [-0.4, -0.2) is 46.0 Å². The number of hydrogen-bond donors (Lipinski definition) is 0. The Bertz CT molecular complexity index is 952. The highest BCUT2D eigenvalue weighted by Crippen LogP contribution is 2.30. The van der Waals surface area contributed by atoms with Crippen molar-refractivity contribution in [1.29, 1.82) is 0 Å². The molecule has 0 atom stereocenters. The van der Waals surface area contributed by atoms with Crippen LogP contribution in [0.2, 0.25) is 5.02 Å². The third-order valence-corrected chi connectivity index (χ3v) is 7.52. The highest BCUT2D eigenvalue weighted by Gasteiger charge is 2.30. The predicted molar refractivity (Wildman–Crippen MR) is 110 cm³/mol. The Balaban J connectivity index is 1.80. The van der Waals surface area contributed by atoms with Gasteiger partial charge in [-0.3, -0.25) is 0 Å². The first-order valence-corrected chi connectivity index (χ1v) is 10.7.